The number of aromatic nitrogens is 2. The molecular weight excluding hydrogens is 350 g/mol. The number of carbonyl (C=O) groups is 1. The molecule has 26 heavy (non-hydrogen) atoms. The highest BCUT2D eigenvalue weighted by Crippen LogP contribution is 2.29. The fourth-order valence-corrected chi connectivity index (χ4v) is 2.38. The molecule has 0 aliphatic rings. The van der Waals surface area contributed by atoms with Crippen molar-refractivity contribution in [3.63, 3.8) is 0 Å². The summed E-state index contributed by atoms with van der Waals surface area (Å²) in [6, 6.07) is 10.1. The predicted octanol–water partition coefficient (Wildman–Crippen LogP) is 4.34. The Morgan fingerprint density at radius 1 is 1.12 bits per heavy atom. The Hall–Kier alpha value is -3.16. The summed E-state index contributed by atoms with van der Waals surface area (Å²) in [7, 11) is 0. The number of rotatable bonds is 4. The Morgan fingerprint density at radius 2 is 1.88 bits per heavy atom. The maximum absolute atomic E-state index is 13.2. The quantitative estimate of drug-likeness (QED) is 0.701. The molecule has 0 atom stereocenters. The summed E-state index contributed by atoms with van der Waals surface area (Å²) in [6.45, 7) is 0.111. The highest BCUT2D eigenvalue weighted by Gasteiger charge is 2.30. The van der Waals surface area contributed by atoms with Gasteiger partial charge in [-0.2, -0.15) is 18.3 Å². The molecule has 1 aromatic heterocycles. The van der Waals surface area contributed by atoms with Crippen LogP contribution < -0.4 is 5.32 Å². The first kappa shape index (κ1) is 17.7. The standard InChI is InChI=1S/C18H13F4N3O/c19-15-6-2-4-13(8-15)17(26)24-16-9-23-25(11-16)10-12-3-1-5-14(7-12)18(20,21)22/h1-9,11H,10H2,(H,24,26). The Balaban J connectivity index is 1.70. The van der Waals surface area contributed by atoms with Gasteiger partial charge in [-0.3, -0.25) is 9.48 Å². The molecule has 3 aromatic rings. The normalized spacial score (nSPS) is 11.4. The van der Waals surface area contributed by atoms with E-state index in [1.165, 1.54) is 41.3 Å². The van der Waals surface area contributed by atoms with E-state index in [4.69, 9.17) is 0 Å². The van der Waals surface area contributed by atoms with Crippen LogP contribution >= 0.6 is 0 Å². The summed E-state index contributed by atoms with van der Waals surface area (Å²) in [5.41, 5.74) is 0.189. The second-order valence-electron chi connectivity index (χ2n) is 5.59. The molecule has 1 heterocycles. The van der Waals surface area contributed by atoms with E-state index in [0.717, 1.165) is 18.2 Å². The number of anilines is 1. The summed E-state index contributed by atoms with van der Waals surface area (Å²) < 4.78 is 52.8. The number of hydrogen-bond donors (Lipinski definition) is 1. The number of carbonyl (C=O) groups excluding carboxylic acids is 1. The highest BCUT2D eigenvalue weighted by atomic mass is 19.4. The molecule has 0 spiro atoms. The van der Waals surface area contributed by atoms with Crippen molar-refractivity contribution < 1.29 is 22.4 Å². The first-order valence-electron chi connectivity index (χ1n) is 7.57. The van der Waals surface area contributed by atoms with Crippen LogP contribution in [-0.2, 0) is 12.7 Å². The molecule has 4 nitrogen and oxygen atoms in total. The molecule has 0 radical (unpaired) electrons. The molecule has 0 unspecified atom stereocenters. The minimum atomic E-state index is -4.41. The molecule has 3 rings (SSSR count). The van der Waals surface area contributed by atoms with Crippen LogP contribution in [0.15, 0.2) is 60.9 Å². The zero-order valence-corrected chi connectivity index (χ0v) is 13.3. The van der Waals surface area contributed by atoms with Crippen molar-refractivity contribution in [2.24, 2.45) is 0 Å². The number of alkyl halides is 3. The van der Waals surface area contributed by atoms with Crippen LogP contribution in [0.25, 0.3) is 0 Å². The van der Waals surface area contributed by atoms with Gasteiger partial charge in [-0.15, -0.1) is 0 Å². The van der Waals surface area contributed by atoms with Crippen LogP contribution in [0.2, 0.25) is 0 Å². The van der Waals surface area contributed by atoms with E-state index in [2.05, 4.69) is 10.4 Å². The average Bonchev–Trinajstić information content (AvgIpc) is 3.01. The molecule has 0 bridgehead atoms. The van der Waals surface area contributed by atoms with Crippen molar-refractivity contribution >= 4 is 11.6 Å². The largest absolute Gasteiger partial charge is 0.416 e. The lowest BCUT2D eigenvalue weighted by Crippen LogP contribution is -2.11. The summed E-state index contributed by atoms with van der Waals surface area (Å²) in [4.78, 5) is 12.0. The number of nitrogens with zero attached hydrogens (tertiary/aromatic N) is 2. The summed E-state index contributed by atoms with van der Waals surface area (Å²) >= 11 is 0. The minimum absolute atomic E-state index is 0.111. The second kappa shape index (κ2) is 6.99. The SMILES string of the molecule is O=C(Nc1cnn(Cc2cccc(C(F)(F)F)c2)c1)c1cccc(F)c1. The summed E-state index contributed by atoms with van der Waals surface area (Å²) in [5, 5.41) is 6.57. The van der Waals surface area contributed by atoms with E-state index in [9.17, 15) is 22.4 Å². The molecule has 1 amide bonds. The molecule has 0 aliphatic carbocycles. The summed E-state index contributed by atoms with van der Waals surface area (Å²) in [5.74, 6) is -1.04. The van der Waals surface area contributed by atoms with Gasteiger partial charge in [0.25, 0.3) is 5.91 Å². The fraction of sp³-hybridized carbons (Fsp3) is 0.111. The molecular formula is C18H13F4N3O. The number of benzene rings is 2. The van der Waals surface area contributed by atoms with Gasteiger partial charge in [0.1, 0.15) is 5.82 Å². The van der Waals surface area contributed by atoms with Crippen molar-refractivity contribution in [3.8, 4) is 0 Å². The highest BCUT2D eigenvalue weighted by molar-refractivity contribution is 6.04. The van der Waals surface area contributed by atoms with Crippen LogP contribution in [0.3, 0.4) is 0 Å². The molecule has 0 aliphatic heterocycles. The van der Waals surface area contributed by atoms with Crippen molar-refractivity contribution in [2.45, 2.75) is 12.7 Å². The lowest BCUT2D eigenvalue weighted by molar-refractivity contribution is -0.137. The number of halogens is 4. The van der Waals surface area contributed by atoms with E-state index in [-0.39, 0.29) is 12.1 Å². The lowest BCUT2D eigenvalue weighted by atomic mass is 10.1. The van der Waals surface area contributed by atoms with E-state index in [1.807, 2.05) is 0 Å². The zero-order valence-electron chi connectivity index (χ0n) is 13.3. The van der Waals surface area contributed by atoms with Crippen LogP contribution in [0.1, 0.15) is 21.5 Å². The lowest BCUT2D eigenvalue weighted by Gasteiger charge is -2.08. The molecule has 134 valence electrons. The van der Waals surface area contributed by atoms with E-state index < -0.39 is 23.5 Å². The third-order valence-electron chi connectivity index (χ3n) is 3.58. The third kappa shape index (κ3) is 4.27. The predicted molar refractivity (Wildman–Crippen MR) is 87.1 cm³/mol. The molecule has 8 heteroatoms. The van der Waals surface area contributed by atoms with Gasteiger partial charge in [0.2, 0.25) is 0 Å². The molecule has 0 saturated carbocycles. The van der Waals surface area contributed by atoms with Crippen molar-refractivity contribution in [1.29, 1.82) is 0 Å². The molecule has 1 N–H and O–H groups in total. The van der Waals surface area contributed by atoms with Crippen molar-refractivity contribution in [3.05, 3.63) is 83.4 Å². The number of hydrogen-bond acceptors (Lipinski definition) is 2. The van der Waals surface area contributed by atoms with E-state index in [0.29, 0.717) is 11.3 Å². The smallest absolute Gasteiger partial charge is 0.319 e. The van der Waals surface area contributed by atoms with E-state index in [1.54, 1.807) is 6.07 Å². The number of nitrogens with one attached hydrogen (secondary N) is 1. The first-order valence-corrected chi connectivity index (χ1v) is 7.57. The maximum atomic E-state index is 13.2. The van der Waals surface area contributed by atoms with Gasteiger partial charge in [0.15, 0.2) is 0 Å². The van der Waals surface area contributed by atoms with Crippen LogP contribution in [0.5, 0.6) is 0 Å². The topological polar surface area (TPSA) is 46.9 Å². The maximum Gasteiger partial charge on any atom is 0.416 e. The molecule has 0 saturated heterocycles. The fourth-order valence-electron chi connectivity index (χ4n) is 2.38. The van der Waals surface area contributed by atoms with E-state index >= 15 is 0 Å². The Morgan fingerprint density at radius 3 is 2.62 bits per heavy atom. The zero-order chi connectivity index (χ0) is 18.7. The average molecular weight is 363 g/mol. The van der Waals surface area contributed by atoms with Crippen LogP contribution in [0, 0.1) is 5.82 Å². The van der Waals surface area contributed by atoms with Gasteiger partial charge in [0.05, 0.1) is 24.0 Å². The van der Waals surface area contributed by atoms with Crippen molar-refractivity contribution in [2.75, 3.05) is 5.32 Å². The van der Waals surface area contributed by atoms with Gasteiger partial charge in [-0.1, -0.05) is 18.2 Å². The molecule has 0 fully saturated rings. The number of amides is 1. The van der Waals surface area contributed by atoms with Gasteiger partial charge >= 0.3 is 6.18 Å². The third-order valence-corrected chi connectivity index (χ3v) is 3.58. The van der Waals surface area contributed by atoms with Crippen LogP contribution in [-0.4, -0.2) is 15.7 Å². The minimum Gasteiger partial charge on any atom is -0.319 e. The monoisotopic (exact) mass is 363 g/mol. The van der Waals surface area contributed by atoms with Gasteiger partial charge in [-0.25, -0.2) is 4.39 Å². The first-order chi connectivity index (χ1) is 12.3. The van der Waals surface area contributed by atoms with Crippen molar-refractivity contribution in [1.82, 2.24) is 9.78 Å². The second-order valence-corrected chi connectivity index (χ2v) is 5.59. The Labute approximate surface area is 146 Å². The van der Waals surface area contributed by atoms with Crippen LogP contribution in [0.4, 0.5) is 23.2 Å². The molecule has 2 aromatic carbocycles. The van der Waals surface area contributed by atoms with Gasteiger partial charge in [-0.05, 0) is 35.9 Å². The van der Waals surface area contributed by atoms with Gasteiger partial charge in [0, 0.05) is 11.8 Å². The Bertz CT molecular complexity index is 934. The van der Waals surface area contributed by atoms with Gasteiger partial charge < -0.3 is 5.32 Å². The summed E-state index contributed by atoms with van der Waals surface area (Å²) in [6.07, 6.45) is -1.56. The Kier molecular flexibility index (Phi) is 4.75.